The lowest BCUT2D eigenvalue weighted by Crippen LogP contribution is -2.47. The maximum absolute atomic E-state index is 8.84. The molecule has 2 N–H and O–H groups in total. The molecule has 0 amide bonds. The van der Waals surface area contributed by atoms with E-state index in [-0.39, 0.29) is 5.82 Å². The second-order valence-corrected chi connectivity index (χ2v) is 5.11. The first-order chi connectivity index (χ1) is 10.2. The first-order valence-electron chi connectivity index (χ1n) is 7.23. The smallest absolute Gasteiger partial charge is 0.227 e. The van der Waals surface area contributed by atoms with Crippen LogP contribution in [0.1, 0.15) is 18.4 Å². The molecule has 21 heavy (non-hydrogen) atoms. The van der Waals surface area contributed by atoms with Gasteiger partial charge < -0.3 is 15.4 Å². The van der Waals surface area contributed by atoms with E-state index in [0.29, 0.717) is 11.5 Å². The average molecular weight is 290 g/mol. The van der Waals surface area contributed by atoms with Crippen LogP contribution in [0.25, 0.3) is 0 Å². The molecule has 7 nitrogen and oxygen atoms in total. The van der Waals surface area contributed by atoms with E-state index in [1.165, 1.54) is 6.20 Å². The highest BCUT2D eigenvalue weighted by atomic mass is 16.5. The summed E-state index contributed by atoms with van der Waals surface area (Å²) >= 11 is 0. The van der Waals surface area contributed by atoms with E-state index in [2.05, 4.69) is 19.8 Å². The van der Waals surface area contributed by atoms with Crippen molar-refractivity contribution < 1.29 is 4.74 Å². The van der Waals surface area contributed by atoms with Gasteiger partial charge in [0.2, 0.25) is 5.95 Å². The number of nitrogens with two attached hydrogens (primary N) is 1. The summed E-state index contributed by atoms with van der Waals surface area (Å²) in [6.07, 6.45) is 3.76. The third kappa shape index (κ3) is 4.28. The molecule has 1 aromatic rings. The first kappa shape index (κ1) is 15.5. The topological polar surface area (TPSA) is 91.3 Å². The summed E-state index contributed by atoms with van der Waals surface area (Å²) in [6, 6.07) is 1.98. The molecule has 1 aliphatic rings. The van der Waals surface area contributed by atoms with Crippen LogP contribution >= 0.6 is 0 Å². The summed E-state index contributed by atoms with van der Waals surface area (Å²) in [7, 11) is 1.74. The molecule has 0 bridgehead atoms. The predicted molar refractivity (Wildman–Crippen MR) is 80.9 cm³/mol. The molecule has 0 saturated carbocycles. The van der Waals surface area contributed by atoms with Crippen molar-refractivity contribution in [3.8, 4) is 6.07 Å². The van der Waals surface area contributed by atoms with Crippen LogP contribution in [0.3, 0.4) is 0 Å². The van der Waals surface area contributed by atoms with E-state index in [4.69, 9.17) is 15.7 Å². The quantitative estimate of drug-likeness (QED) is 0.762. The van der Waals surface area contributed by atoms with E-state index >= 15 is 0 Å². The van der Waals surface area contributed by atoms with E-state index in [9.17, 15) is 0 Å². The van der Waals surface area contributed by atoms with E-state index in [0.717, 1.165) is 52.2 Å². The van der Waals surface area contributed by atoms with Gasteiger partial charge in [-0.3, -0.25) is 4.90 Å². The number of anilines is 2. The zero-order valence-electron chi connectivity index (χ0n) is 12.5. The largest absolute Gasteiger partial charge is 0.385 e. The summed E-state index contributed by atoms with van der Waals surface area (Å²) in [4.78, 5) is 13.0. The highest BCUT2D eigenvalue weighted by molar-refractivity contribution is 5.50. The molecule has 0 unspecified atom stereocenters. The van der Waals surface area contributed by atoms with Crippen molar-refractivity contribution in [1.82, 2.24) is 14.9 Å². The lowest BCUT2D eigenvalue weighted by molar-refractivity contribution is 0.182. The number of aromatic nitrogens is 2. The lowest BCUT2D eigenvalue weighted by Gasteiger charge is -2.34. The molecule has 1 aromatic heterocycles. The molecular formula is C14H22N6O. The highest BCUT2D eigenvalue weighted by Gasteiger charge is 2.19. The van der Waals surface area contributed by atoms with Crippen LogP contribution in [0.2, 0.25) is 0 Å². The zero-order chi connectivity index (χ0) is 15.1. The van der Waals surface area contributed by atoms with Crippen LogP contribution in [0.5, 0.6) is 0 Å². The van der Waals surface area contributed by atoms with Crippen molar-refractivity contribution in [3.05, 3.63) is 11.8 Å². The number of unbranched alkanes of at least 4 members (excludes halogenated alkanes) is 1. The van der Waals surface area contributed by atoms with Crippen LogP contribution in [0.4, 0.5) is 11.8 Å². The van der Waals surface area contributed by atoms with Gasteiger partial charge in [0.1, 0.15) is 17.5 Å². The molecule has 2 heterocycles. The van der Waals surface area contributed by atoms with Gasteiger partial charge in [0.05, 0.1) is 6.20 Å². The third-order valence-corrected chi connectivity index (χ3v) is 3.65. The molecule has 0 aliphatic carbocycles. The normalized spacial score (nSPS) is 15.9. The van der Waals surface area contributed by atoms with Crippen molar-refractivity contribution in [2.45, 2.75) is 12.8 Å². The summed E-state index contributed by atoms with van der Waals surface area (Å²) in [5.41, 5.74) is 6.07. The lowest BCUT2D eigenvalue weighted by atomic mass is 10.2. The van der Waals surface area contributed by atoms with Crippen molar-refractivity contribution in [2.24, 2.45) is 0 Å². The van der Waals surface area contributed by atoms with Crippen molar-refractivity contribution in [2.75, 3.05) is 57.1 Å². The zero-order valence-corrected chi connectivity index (χ0v) is 12.5. The molecule has 0 radical (unpaired) electrons. The van der Waals surface area contributed by atoms with Gasteiger partial charge in [-0.1, -0.05) is 0 Å². The van der Waals surface area contributed by atoms with Gasteiger partial charge in [-0.15, -0.1) is 0 Å². The van der Waals surface area contributed by atoms with Crippen molar-refractivity contribution in [3.63, 3.8) is 0 Å². The molecule has 2 rings (SSSR count). The van der Waals surface area contributed by atoms with Crippen molar-refractivity contribution in [1.29, 1.82) is 5.26 Å². The van der Waals surface area contributed by atoms with Gasteiger partial charge in [-0.05, 0) is 19.4 Å². The fourth-order valence-electron chi connectivity index (χ4n) is 2.38. The summed E-state index contributed by atoms with van der Waals surface area (Å²) < 4.78 is 5.06. The number of rotatable bonds is 6. The molecule has 114 valence electrons. The molecule has 0 aromatic carbocycles. The molecule has 1 aliphatic heterocycles. The first-order valence-corrected chi connectivity index (χ1v) is 7.23. The molecular weight excluding hydrogens is 268 g/mol. The Morgan fingerprint density at radius 3 is 2.71 bits per heavy atom. The molecule has 1 fully saturated rings. The maximum atomic E-state index is 8.84. The van der Waals surface area contributed by atoms with Gasteiger partial charge >= 0.3 is 0 Å². The number of nitriles is 1. The minimum Gasteiger partial charge on any atom is -0.385 e. The molecule has 0 atom stereocenters. The van der Waals surface area contributed by atoms with Gasteiger partial charge in [-0.2, -0.15) is 10.2 Å². The number of piperazine rings is 1. The minimum atomic E-state index is 0.254. The second kappa shape index (κ2) is 7.76. The Labute approximate surface area is 125 Å². The Kier molecular flexibility index (Phi) is 5.72. The van der Waals surface area contributed by atoms with Crippen molar-refractivity contribution >= 4 is 11.8 Å². The minimum absolute atomic E-state index is 0.254. The summed E-state index contributed by atoms with van der Waals surface area (Å²) in [6.45, 7) is 5.70. The number of methoxy groups -OCH3 is 1. The summed E-state index contributed by atoms with van der Waals surface area (Å²) in [5.74, 6) is 0.870. The average Bonchev–Trinajstić information content (AvgIpc) is 2.52. The van der Waals surface area contributed by atoms with Crippen LogP contribution in [0.15, 0.2) is 6.20 Å². The molecule has 7 heteroatoms. The third-order valence-electron chi connectivity index (χ3n) is 3.65. The molecule has 1 saturated heterocycles. The summed E-state index contributed by atoms with van der Waals surface area (Å²) in [5, 5.41) is 8.84. The Bertz CT molecular complexity index is 493. The Morgan fingerprint density at radius 1 is 1.33 bits per heavy atom. The SMILES string of the molecule is COCCCCN1CCN(c2ncc(C#N)c(N)n2)CC1. The highest BCUT2D eigenvalue weighted by Crippen LogP contribution is 2.15. The number of hydrogen-bond donors (Lipinski definition) is 1. The van der Waals surface area contributed by atoms with Crippen LogP contribution in [-0.2, 0) is 4.74 Å². The van der Waals surface area contributed by atoms with Gasteiger partial charge in [0, 0.05) is 39.9 Å². The maximum Gasteiger partial charge on any atom is 0.227 e. The standard InChI is InChI=1S/C14H22N6O/c1-21-9-3-2-4-19-5-7-20(8-6-19)14-17-11-12(10-15)13(16)18-14/h11H,2-9H2,1H3,(H2,16,17,18). The second-order valence-electron chi connectivity index (χ2n) is 5.11. The Hall–Kier alpha value is -1.91. The van der Waals surface area contributed by atoms with E-state index in [1.807, 2.05) is 6.07 Å². The number of ether oxygens (including phenoxy) is 1. The van der Waals surface area contributed by atoms with Crippen LogP contribution < -0.4 is 10.6 Å². The Balaban J connectivity index is 1.81. The fourth-order valence-corrected chi connectivity index (χ4v) is 2.38. The fraction of sp³-hybridized carbons (Fsp3) is 0.643. The number of nitrogens with zero attached hydrogens (tertiary/aromatic N) is 5. The predicted octanol–water partition coefficient (Wildman–Crippen LogP) is 0.479. The van der Waals surface area contributed by atoms with Crippen LogP contribution in [-0.4, -0.2) is 61.3 Å². The monoisotopic (exact) mass is 290 g/mol. The van der Waals surface area contributed by atoms with Gasteiger partial charge in [-0.25, -0.2) is 4.98 Å². The van der Waals surface area contributed by atoms with Gasteiger partial charge in [0.15, 0.2) is 0 Å². The number of nitrogen functional groups attached to an aromatic ring is 1. The van der Waals surface area contributed by atoms with Gasteiger partial charge in [0.25, 0.3) is 0 Å². The van der Waals surface area contributed by atoms with Crippen LogP contribution in [0, 0.1) is 11.3 Å². The van der Waals surface area contributed by atoms with E-state index in [1.54, 1.807) is 7.11 Å². The molecule has 0 spiro atoms. The Morgan fingerprint density at radius 2 is 2.10 bits per heavy atom. The number of hydrogen-bond acceptors (Lipinski definition) is 7. The van der Waals surface area contributed by atoms with E-state index < -0.39 is 0 Å².